The molecule has 4 atom stereocenters. The number of aromatic amines is 1. The number of nitrogens with zero attached hydrogens (tertiary/aromatic N) is 2. The molecule has 1 aliphatic rings. The summed E-state index contributed by atoms with van der Waals surface area (Å²) in [6.45, 7) is 1.29. The first-order valence-corrected chi connectivity index (χ1v) is 7.08. The van der Waals surface area contributed by atoms with Crippen LogP contribution in [0.4, 0.5) is 0 Å². The van der Waals surface area contributed by atoms with E-state index in [4.69, 9.17) is 22.1 Å². The van der Waals surface area contributed by atoms with E-state index in [1.807, 2.05) is 0 Å². The predicted octanol–water partition coefficient (Wildman–Crippen LogP) is -0.626. The molecule has 4 N–H and O–H groups in total. The fourth-order valence-corrected chi connectivity index (χ4v) is 2.78. The van der Waals surface area contributed by atoms with E-state index in [9.17, 15) is 15.0 Å². The maximum Gasteiger partial charge on any atom is 0.203 e. The molecular formula is C13H15N3O5S. The van der Waals surface area contributed by atoms with Crippen molar-refractivity contribution in [3.05, 3.63) is 33.0 Å². The number of aliphatic hydroxyl groups is 3. The summed E-state index contributed by atoms with van der Waals surface area (Å²) >= 11 is 5.16. The van der Waals surface area contributed by atoms with Crippen molar-refractivity contribution in [2.75, 3.05) is 6.61 Å². The Kier molecular flexibility index (Phi) is 3.83. The van der Waals surface area contributed by atoms with Gasteiger partial charge in [0, 0.05) is 18.0 Å². The molecule has 2 aromatic rings. The monoisotopic (exact) mass is 325 g/mol. The minimum atomic E-state index is -1.28. The fraction of sp³-hybridized carbons (Fsp3) is 0.462. The van der Waals surface area contributed by atoms with Crippen LogP contribution in [-0.4, -0.2) is 54.8 Å². The quantitative estimate of drug-likeness (QED) is 0.543. The van der Waals surface area contributed by atoms with Gasteiger partial charge in [-0.15, -0.1) is 0 Å². The highest BCUT2D eigenvalue weighted by Crippen LogP contribution is 2.29. The second kappa shape index (κ2) is 5.52. The van der Waals surface area contributed by atoms with Crippen LogP contribution in [0.1, 0.15) is 11.9 Å². The van der Waals surface area contributed by atoms with Crippen LogP contribution in [0.25, 0.3) is 11.0 Å². The van der Waals surface area contributed by atoms with Crippen molar-refractivity contribution < 1.29 is 20.1 Å². The van der Waals surface area contributed by atoms with Gasteiger partial charge in [-0.3, -0.25) is 9.36 Å². The van der Waals surface area contributed by atoms with Crippen molar-refractivity contribution in [2.24, 2.45) is 0 Å². The van der Waals surface area contributed by atoms with E-state index in [0.717, 1.165) is 0 Å². The average Bonchev–Trinajstić information content (AvgIpc) is 2.74. The summed E-state index contributed by atoms with van der Waals surface area (Å²) < 4.78 is 6.81. The molecule has 0 amide bonds. The number of fused-ring (bicyclic) bond motifs is 1. The molecule has 0 saturated carbocycles. The summed E-state index contributed by atoms with van der Waals surface area (Å²) in [7, 11) is 0. The van der Waals surface area contributed by atoms with Gasteiger partial charge in [-0.1, -0.05) is 0 Å². The topological polar surface area (TPSA) is 121 Å². The zero-order valence-corrected chi connectivity index (χ0v) is 12.4. The molecule has 0 bridgehead atoms. The summed E-state index contributed by atoms with van der Waals surface area (Å²) in [6.07, 6.45) is -3.04. The number of H-pyrrole nitrogens is 1. The van der Waals surface area contributed by atoms with Gasteiger partial charge < -0.3 is 25.0 Å². The molecule has 3 heterocycles. The maximum atomic E-state index is 12.0. The Morgan fingerprint density at radius 2 is 2.18 bits per heavy atom. The third kappa shape index (κ3) is 2.36. The standard InChI is InChI=1S/C13H15N3O5S/c1-5-2-7(18)6-3-16(13(22)15-11(6)14-5)12-10(20)9(19)8(4-17)21-12/h2-3,8-10,12,17,19-20H,4H2,1H3,(H,14,15,22)/t8-,9?,10?,12-/m1/s1. The van der Waals surface area contributed by atoms with Gasteiger partial charge in [-0.25, -0.2) is 4.98 Å². The van der Waals surface area contributed by atoms with E-state index in [1.54, 1.807) is 6.92 Å². The van der Waals surface area contributed by atoms with Crippen LogP contribution in [0.5, 0.6) is 0 Å². The van der Waals surface area contributed by atoms with Crippen LogP contribution in [-0.2, 0) is 4.74 Å². The van der Waals surface area contributed by atoms with E-state index in [-0.39, 0.29) is 15.6 Å². The first-order valence-electron chi connectivity index (χ1n) is 6.67. The number of aliphatic hydroxyl groups excluding tert-OH is 3. The number of hydrogen-bond donors (Lipinski definition) is 4. The van der Waals surface area contributed by atoms with Crippen LogP contribution < -0.4 is 5.43 Å². The molecule has 118 valence electrons. The molecule has 9 heteroatoms. The average molecular weight is 325 g/mol. The van der Waals surface area contributed by atoms with E-state index < -0.39 is 31.1 Å². The molecule has 22 heavy (non-hydrogen) atoms. The van der Waals surface area contributed by atoms with E-state index in [1.165, 1.54) is 16.8 Å². The van der Waals surface area contributed by atoms with Crippen molar-refractivity contribution in [2.45, 2.75) is 31.5 Å². The first kappa shape index (κ1) is 15.3. The minimum absolute atomic E-state index is 0.0867. The van der Waals surface area contributed by atoms with Gasteiger partial charge in [-0.2, -0.15) is 0 Å². The van der Waals surface area contributed by atoms with Crippen molar-refractivity contribution in [3.8, 4) is 0 Å². The van der Waals surface area contributed by atoms with Crippen molar-refractivity contribution in [1.29, 1.82) is 0 Å². The highest BCUT2D eigenvalue weighted by molar-refractivity contribution is 7.71. The fourth-order valence-electron chi connectivity index (χ4n) is 2.53. The third-order valence-electron chi connectivity index (χ3n) is 3.67. The molecule has 8 nitrogen and oxygen atoms in total. The van der Waals surface area contributed by atoms with E-state index in [0.29, 0.717) is 11.3 Å². The molecular weight excluding hydrogens is 310 g/mol. The Labute approximate surface area is 129 Å². The summed E-state index contributed by atoms with van der Waals surface area (Å²) in [5, 5.41) is 29.3. The molecule has 1 saturated heterocycles. The van der Waals surface area contributed by atoms with Crippen molar-refractivity contribution in [1.82, 2.24) is 14.5 Å². The molecule has 2 aromatic heterocycles. The molecule has 3 rings (SSSR count). The van der Waals surface area contributed by atoms with E-state index >= 15 is 0 Å². The Balaban J connectivity index is 2.14. The molecule has 0 spiro atoms. The Hall–Kier alpha value is -1.65. The Morgan fingerprint density at radius 3 is 2.82 bits per heavy atom. The summed E-state index contributed by atoms with van der Waals surface area (Å²) in [5.74, 6) is 0. The maximum absolute atomic E-state index is 12.0. The van der Waals surface area contributed by atoms with Gasteiger partial charge >= 0.3 is 0 Å². The molecule has 1 fully saturated rings. The van der Waals surface area contributed by atoms with Gasteiger partial charge in [0.1, 0.15) is 24.0 Å². The number of ether oxygens (including phenoxy) is 1. The van der Waals surface area contributed by atoms with Crippen LogP contribution >= 0.6 is 12.2 Å². The number of aromatic nitrogens is 3. The molecule has 0 aromatic carbocycles. The minimum Gasteiger partial charge on any atom is -0.394 e. The lowest BCUT2D eigenvalue weighted by Gasteiger charge is -2.18. The summed E-state index contributed by atoms with van der Waals surface area (Å²) in [6, 6.07) is 1.43. The third-order valence-corrected chi connectivity index (χ3v) is 3.97. The Bertz CT molecular complexity index is 833. The smallest absolute Gasteiger partial charge is 0.203 e. The van der Waals surface area contributed by atoms with Crippen LogP contribution in [0, 0.1) is 11.7 Å². The number of hydrogen-bond acceptors (Lipinski definition) is 7. The summed E-state index contributed by atoms with van der Waals surface area (Å²) in [4.78, 5) is 19.1. The number of aryl methyl sites for hydroxylation is 1. The Morgan fingerprint density at radius 1 is 1.45 bits per heavy atom. The lowest BCUT2D eigenvalue weighted by molar-refractivity contribution is -0.0538. The van der Waals surface area contributed by atoms with Gasteiger partial charge in [0.15, 0.2) is 11.7 Å². The van der Waals surface area contributed by atoms with Gasteiger partial charge in [0.25, 0.3) is 0 Å². The molecule has 2 unspecified atom stereocenters. The second-order valence-corrected chi connectivity index (χ2v) is 5.60. The van der Waals surface area contributed by atoms with E-state index in [2.05, 4.69) is 9.97 Å². The highest BCUT2D eigenvalue weighted by Gasteiger charge is 2.43. The van der Waals surface area contributed by atoms with Crippen molar-refractivity contribution >= 4 is 23.3 Å². The van der Waals surface area contributed by atoms with Crippen LogP contribution in [0.2, 0.25) is 0 Å². The number of rotatable bonds is 2. The van der Waals surface area contributed by atoms with Gasteiger partial charge in [-0.05, 0) is 19.1 Å². The normalized spacial score (nSPS) is 28.4. The van der Waals surface area contributed by atoms with Crippen LogP contribution in [0.15, 0.2) is 17.1 Å². The predicted molar refractivity (Wildman–Crippen MR) is 78.9 cm³/mol. The SMILES string of the molecule is Cc1cc(=O)c2cn([C@@H]3O[C@H](CO)C(O)C3O)c(=S)nc2[nH]1. The van der Waals surface area contributed by atoms with Crippen LogP contribution in [0.3, 0.4) is 0 Å². The first-order chi connectivity index (χ1) is 10.4. The lowest BCUT2D eigenvalue weighted by atomic mass is 10.1. The molecule has 0 radical (unpaired) electrons. The number of nitrogens with one attached hydrogen (secondary N) is 1. The highest BCUT2D eigenvalue weighted by atomic mass is 32.1. The number of pyridine rings is 1. The van der Waals surface area contributed by atoms with Crippen molar-refractivity contribution in [3.63, 3.8) is 0 Å². The molecule has 0 aliphatic carbocycles. The second-order valence-electron chi connectivity index (χ2n) is 5.24. The van der Waals surface area contributed by atoms with Gasteiger partial charge in [0.2, 0.25) is 4.77 Å². The molecule has 1 aliphatic heterocycles. The lowest BCUT2D eigenvalue weighted by Crippen LogP contribution is -2.33. The zero-order chi connectivity index (χ0) is 16.0. The largest absolute Gasteiger partial charge is 0.394 e. The summed E-state index contributed by atoms with van der Waals surface area (Å²) in [5.41, 5.74) is 0.761. The zero-order valence-electron chi connectivity index (χ0n) is 11.6. The van der Waals surface area contributed by atoms with Gasteiger partial charge in [0.05, 0.1) is 12.0 Å².